The third-order valence-corrected chi connectivity index (χ3v) is 4.37. The Labute approximate surface area is 124 Å². The summed E-state index contributed by atoms with van der Waals surface area (Å²) in [6.07, 6.45) is 1.48. The first-order valence-electron chi connectivity index (χ1n) is 6.56. The summed E-state index contributed by atoms with van der Waals surface area (Å²) in [4.78, 5) is 12.0. The van der Waals surface area contributed by atoms with Gasteiger partial charge in [0.25, 0.3) is 0 Å². The number of hydrogen-bond acceptors (Lipinski definition) is 4. The maximum absolute atomic E-state index is 12.2. The Hall–Kier alpha value is -1.92. The minimum absolute atomic E-state index is 0.0672. The van der Waals surface area contributed by atoms with Crippen LogP contribution in [0.5, 0.6) is 0 Å². The molecule has 0 spiro atoms. The number of rotatable bonds is 6. The fraction of sp³-hybridized carbons (Fsp3) is 0.267. The van der Waals surface area contributed by atoms with Crippen molar-refractivity contribution >= 4 is 15.8 Å². The molecule has 0 aliphatic rings. The minimum Gasteiger partial charge on any atom is -0.468 e. The normalized spacial score (nSPS) is 11.8. The van der Waals surface area contributed by atoms with Gasteiger partial charge in [-0.2, -0.15) is 0 Å². The van der Waals surface area contributed by atoms with Crippen molar-refractivity contribution in [1.82, 2.24) is 4.72 Å². The second-order valence-electron chi connectivity index (χ2n) is 4.95. The zero-order chi connectivity index (χ0) is 15.5. The molecule has 0 atom stereocenters. The molecule has 112 valence electrons. The summed E-state index contributed by atoms with van der Waals surface area (Å²) in [7, 11) is -3.68. The van der Waals surface area contributed by atoms with Gasteiger partial charge in [0, 0.05) is 11.5 Å². The van der Waals surface area contributed by atoms with Crippen molar-refractivity contribution in [2.45, 2.75) is 25.3 Å². The SMILES string of the molecule is CC(C)C(=O)c1cccc(S(=O)(=O)NCc2ccco2)c1. The molecule has 21 heavy (non-hydrogen) atoms. The average Bonchev–Trinajstić information content (AvgIpc) is 2.98. The molecule has 0 aliphatic heterocycles. The van der Waals surface area contributed by atoms with Gasteiger partial charge in [-0.05, 0) is 24.3 Å². The number of ketones is 1. The topological polar surface area (TPSA) is 76.4 Å². The quantitative estimate of drug-likeness (QED) is 0.832. The molecule has 0 saturated heterocycles. The van der Waals surface area contributed by atoms with Gasteiger partial charge in [0.1, 0.15) is 5.76 Å². The van der Waals surface area contributed by atoms with Crippen LogP contribution in [0.25, 0.3) is 0 Å². The number of hydrogen-bond donors (Lipinski definition) is 1. The number of nitrogens with one attached hydrogen (secondary N) is 1. The molecular formula is C15H17NO4S. The highest BCUT2D eigenvalue weighted by Crippen LogP contribution is 2.15. The Morgan fingerprint density at radius 2 is 2.00 bits per heavy atom. The monoisotopic (exact) mass is 307 g/mol. The number of Topliss-reactive ketones (excluding diaryl/α,β-unsaturated/α-hetero) is 1. The van der Waals surface area contributed by atoms with E-state index in [0.717, 1.165) is 0 Å². The summed E-state index contributed by atoms with van der Waals surface area (Å²) in [6, 6.07) is 9.41. The van der Waals surface area contributed by atoms with Gasteiger partial charge in [-0.1, -0.05) is 26.0 Å². The number of carbonyl (C=O) groups excluding carboxylic acids is 1. The summed E-state index contributed by atoms with van der Waals surface area (Å²) < 4.78 is 31.9. The van der Waals surface area contributed by atoms with Crippen molar-refractivity contribution in [1.29, 1.82) is 0 Å². The number of sulfonamides is 1. The molecule has 1 heterocycles. The molecule has 0 saturated carbocycles. The Kier molecular flexibility index (Phi) is 4.59. The van der Waals surface area contributed by atoms with Crippen LogP contribution in [0.4, 0.5) is 0 Å². The maximum Gasteiger partial charge on any atom is 0.240 e. The Morgan fingerprint density at radius 3 is 2.62 bits per heavy atom. The second kappa shape index (κ2) is 6.24. The lowest BCUT2D eigenvalue weighted by atomic mass is 10.0. The minimum atomic E-state index is -3.68. The fourth-order valence-corrected chi connectivity index (χ4v) is 2.85. The Bertz CT molecular complexity index is 718. The van der Waals surface area contributed by atoms with Crippen molar-refractivity contribution in [3.05, 3.63) is 54.0 Å². The van der Waals surface area contributed by atoms with Crippen molar-refractivity contribution in [3.8, 4) is 0 Å². The van der Waals surface area contributed by atoms with Gasteiger partial charge >= 0.3 is 0 Å². The van der Waals surface area contributed by atoms with Gasteiger partial charge in [0.2, 0.25) is 10.0 Å². The van der Waals surface area contributed by atoms with Crippen molar-refractivity contribution in [3.63, 3.8) is 0 Å². The molecule has 0 fully saturated rings. The van der Waals surface area contributed by atoms with E-state index in [-0.39, 0.29) is 23.1 Å². The van der Waals surface area contributed by atoms with Crippen LogP contribution < -0.4 is 4.72 Å². The van der Waals surface area contributed by atoms with E-state index in [1.807, 2.05) is 0 Å². The van der Waals surface area contributed by atoms with Crippen LogP contribution in [-0.2, 0) is 16.6 Å². The fourth-order valence-electron chi connectivity index (χ4n) is 1.81. The van der Waals surface area contributed by atoms with E-state index in [4.69, 9.17) is 4.42 Å². The van der Waals surface area contributed by atoms with E-state index in [2.05, 4.69) is 4.72 Å². The van der Waals surface area contributed by atoms with Crippen LogP contribution >= 0.6 is 0 Å². The molecule has 0 radical (unpaired) electrons. The molecule has 1 aromatic carbocycles. The van der Waals surface area contributed by atoms with E-state index >= 15 is 0 Å². The lowest BCUT2D eigenvalue weighted by Gasteiger charge is -2.08. The van der Waals surface area contributed by atoms with E-state index in [1.54, 1.807) is 38.1 Å². The molecule has 1 aromatic heterocycles. The third-order valence-electron chi connectivity index (χ3n) is 2.97. The summed E-state index contributed by atoms with van der Waals surface area (Å²) >= 11 is 0. The molecule has 0 amide bonds. The Morgan fingerprint density at radius 1 is 1.24 bits per heavy atom. The van der Waals surface area contributed by atoms with Crippen LogP contribution in [-0.4, -0.2) is 14.2 Å². The highest BCUT2D eigenvalue weighted by Gasteiger charge is 2.17. The van der Waals surface area contributed by atoms with Crippen molar-refractivity contribution in [2.24, 2.45) is 5.92 Å². The summed E-state index contributed by atoms with van der Waals surface area (Å²) in [5, 5.41) is 0. The first-order chi connectivity index (χ1) is 9.90. The zero-order valence-electron chi connectivity index (χ0n) is 11.9. The lowest BCUT2D eigenvalue weighted by Crippen LogP contribution is -2.23. The highest BCUT2D eigenvalue weighted by molar-refractivity contribution is 7.89. The van der Waals surface area contributed by atoms with Crippen molar-refractivity contribution < 1.29 is 17.6 Å². The van der Waals surface area contributed by atoms with Gasteiger partial charge < -0.3 is 4.42 Å². The summed E-state index contributed by atoms with van der Waals surface area (Å²) in [5.74, 6) is 0.255. The summed E-state index contributed by atoms with van der Waals surface area (Å²) in [6.45, 7) is 3.62. The van der Waals surface area contributed by atoms with Crippen LogP contribution in [0.15, 0.2) is 52.0 Å². The number of benzene rings is 1. The predicted octanol–water partition coefficient (Wildman–Crippen LogP) is 2.60. The smallest absolute Gasteiger partial charge is 0.240 e. The van der Waals surface area contributed by atoms with Crippen LogP contribution in [0.1, 0.15) is 30.0 Å². The molecule has 0 bridgehead atoms. The van der Waals surface area contributed by atoms with Gasteiger partial charge in [0.05, 0.1) is 17.7 Å². The van der Waals surface area contributed by atoms with Gasteiger partial charge in [0.15, 0.2) is 5.78 Å². The molecule has 0 unspecified atom stereocenters. The zero-order valence-corrected chi connectivity index (χ0v) is 12.7. The average molecular weight is 307 g/mol. The van der Waals surface area contributed by atoms with Gasteiger partial charge in [-0.3, -0.25) is 4.79 Å². The third kappa shape index (κ3) is 3.80. The molecule has 6 heteroatoms. The molecule has 5 nitrogen and oxygen atoms in total. The molecule has 2 aromatic rings. The van der Waals surface area contributed by atoms with E-state index in [0.29, 0.717) is 11.3 Å². The first kappa shape index (κ1) is 15.5. The van der Waals surface area contributed by atoms with Crippen LogP contribution in [0, 0.1) is 5.92 Å². The number of furan rings is 1. The molecule has 2 rings (SSSR count). The lowest BCUT2D eigenvalue weighted by molar-refractivity contribution is 0.0939. The van der Waals surface area contributed by atoms with E-state index in [9.17, 15) is 13.2 Å². The van der Waals surface area contributed by atoms with Crippen molar-refractivity contribution in [2.75, 3.05) is 0 Å². The highest BCUT2D eigenvalue weighted by atomic mass is 32.2. The number of carbonyl (C=O) groups is 1. The molecular weight excluding hydrogens is 290 g/mol. The van der Waals surface area contributed by atoms with E-state index < -0.39 is 10.0 Å². The second-order valence-corrected chi connectivity index (χ2v) is 6.72. The van der Waals surface area contributed by atoms with Crippen LogP contribution in [0.2, 0.25) is 0 Å². The Balaban J connectivity index is 2.20. The summed E-state index contributed by atoms with van der Waals surface area (Å²) in [5.41, 5.74) is 0.394. The largest absolute Gasteiger partial charge is 0.468 e. The van der Waals surface area contributed by atoms with E-state index in [1.165, 1.54) is 18.4 Å². The van der Waals surface area contributed by atoms with Gasteiger partial charge in [-0.25, -0.2) is 13.1 Å². The van der Waals surface area contributed by atoms with Crippen LogP contribution in [0.3, 0.4) is 0 Å². The first-order valence-corrected chi connectivity index (χ1v) is 8.05. The maximum atomic E-state index is 12.2. The van der Waals surface area contributed by atoms with Gasteiger partial charge in [-0.15, -0.1) is 0 Å². The standard InChI is InChI=1S/C15H17NO4S/c1-11(2)15(17)12-5-3-7-14(9-12)21(18,19)16-10-13-6-4-8-20-13/h3-9,11,16H,10H2,1-2H3. The predicted molar refractivity (Wildman–Crippen MR) is 78.3 cm³/mol. The molecule has 0 aliphatic carbocycles. The molecule has 1 N–H and O–H groups in total.